The Balaban J connectivity index is 1.48. The van der Waals surface area contributed by atoms with Gasteiger partial charge in [0.25, 0.3) is 0 Å². The van der Waals surface area contributed by atoms with Gasteiger partial charge in [0.05, 0.1) is 0 Å². The summed E-state index contributed by atoms with van der Waals surface area (Å²) in [5, 5.41) is 3.18. The quantitative estimate of drug-likeness (QED) is 0.811. The van der Waals surface area contributed by atoms with E-state index in [1.807, 2.05) is 31.4 Å². The summed E-state index contributed by atoms with van der Waals surface area (Å²) in [5.41, 5.74) is 1.16. The maximum absolute atomic E-state index is 12.2. The highest BCUT2D eigenvalue weighted by Crippen LogP contribution is 2.25. The molecule has 6 heteroatoms. The number of hydrogen-bond acceptors (Lipinski definition) is 5. The largest absolute Gasteiger partial charge is 0.356 e. The van der Waals surface area contributed by atoms with Crippen LogP contribution in [0.4, 0.5) is 5.95 Å². The second-order valence-corrected chi connectivity index (χ2v) is 7.97. The maximum atomic E-state index is 12.2. The van der Waals surface area contributed by atoms with Crippen LogP contribution in [0, 0.1) is 5.92 Å². The molecule has 1 atom stereocenters. The fraction of sp³-hybridized carbons (Fsp3) is 0.750. The Bertz CT molecular complexity index is 568. The van der Waals surface area contributed by atoms with Gasteiger partial charge in [0.1, 0.15) is 0 Å². The molecule has 0 bridgehead atoms. The third kappa shape index (κ3) is 5.16. The smallest absolute Gasteiger partial charge is 0.224 e. The fourth-order valence-electron chi connectivity index (χ4n) is 4.18. The van der Waals surface area contributed by atoms with Crippen LogP contribution in [-0.2, 0) is 11.3 Å². The van der Waals surface area contributed by atoms with Gasteiger partial charge in [0, 0.05) is 57.1 Å². The lowest BCUT2D eigenvalue weighted by atomic mass is 9.98. The molecule has 1 aliphatic carbocycles. The summed E-state index contributed by atoms with van der Waals surface area (Å²) in [6.45, 7) is 2.82. The minimum atomic E-state index is 0.268. The van der Waals surface area contributed by atoms with Crippen LogP contribution in [0.15, 0.2) is 12.4 Å². The Kier molecular flexibility index (Phi) is 6.83. The van der Waals surface area contributed by atoms with Gasteiger partial charge in [-0.3, -0.25) is 9.69 Å². The molecular formula is C20H33N5O. The van der Waals surface area contributed by atoms with Crippen molar-refractivity contribution in [3.8, 4) is 0 Å². The van der Waals surface area contributed by atoms with Crippen LogP contribution >= 0.6 is 0 Å². The average Bonchev–Trinajstić information content (AvgIpc) is 3.18. The summed E-state index contributed by atoms with van der Waals surface area (Å²) in [7, 11) is 3.91. The van der Waals surface area contributed by atoms with Crippen LogP contribution in [-0.4, -0.2) is 54.0 Å². The van der Waals surface area contributed by atoms with Gasteiger partial charge in [-0.15, -0.1) is 0 Å². The first kappa shape index (κ1) is 19.1. The molecule has 1 N–H and O–H groups in total. The first-order chi connectivity index (χ1) is 12.6. The summed E-state index contributed by atoms with van der Waals surface area (Å²) in [5.74, 6) is 1.29. The zero-order valence-corrected chi connectivity index (χ0v) is 16.3. The summed E-state index contributed by atoms with van der Waals surface area (Å²) in [4.78, 5) is 25.5. The molecule has 0 radical (unpaired) electrons. The third-order valence-electron chi connectivity index (χ3n) is 5.73. The van der Waals surface area contributed by atoms with E-state index in [9.17, 15) is 4.79 Å². The number of amides is 1. The second kappa shape index (κ2) is 9.31. The van der Waals surface area contributed by atoms with Gasteiger partial charge in [-0.25, -0.2) is 9.97 Å². The van der Waals surface area contributed by atoms with Gasteiger partial charge in [-0.2, -0.15) is 0 Å². The normalized spacial score (nSPS) is 21.7. The van der Waals surface area contributed by atoms with Gasteiger partial charge in [0.15, 0.2) is 0 Å². The molecule has 1 aliphatic heterocycles. The molecule has 26 heavy (non-hydrogen) atoms. The van der Waals surface area contributed by atoms with Gasteiger partial charge in [-0.1, -0.05) is 19.3 Å². The Morgan fingerprint density at radius 3 is 2.54 bits per heavy atom. The van der Waals surface area contributed by atoms with E-state index in [2.05, 4.69) is 20.2 Å². The number of anilines is 1. The van der Waals surface area contributed by atoms with Crippen LogP contribution in [0.2, 0.25) is 0 Å². The molecule has 3 rings (SSSR count). The van der Waals surface area contributed by atoms with E-state index in [0.29, 0.717) is 6.04 Å². The van der Waals surface area contributed by atoms with E-state index in [-0.39, 0.29) is 11.8 Å². The van der Waals surface area contributed by atoms with Crippen molar-refractivity contribution in [2.24, 2.45) is 5.92 Å². The molecule has 1 unspecified atom stereocenters. The molecule has 1 aromatic rings. The Labute approximate surface area is 157 Å². The number of hydrogen-bond donors (Lipinski definition) is 1. The molecule has 144 valence electrons. The molecule has 1 amide bonds. The van der Waals surface area contributed by atoms with Crippen LogP contribution in [0.1, 0.15) is 56.9 Å². The lowest BCUT2D eigenvalue weighted by Crippen LogP contribution is -2.41. The van der Waals surface area contributed by atoms with Crippen molar-refractivity contribution in [3.63, 3.8) is 0 Å². The lowest BCUT2D eigenvalue weighted by molar-refractivity contribution is -0.124. The number of rotatable bonds is 7. The number of nitrogens with one attached hydrogen (secondary N) is 1. The number of carbonyl (C=O) groups excluding carboxylic acids is 1. The second-order valence-electron chi connectivity index (χ2n) is 7.97. The van der Waals surface area contributed by atoms with Gasteiger partial charge in [-0.05, 0) is 38.6 Å². The van der Waals surface area contributed by atoms with Crippen LogP contribution < -0.4 is 10.2 Å². The fourth-order valence-corrected chi connectivity index (χ4v) is 4.18. The summed E-state index contributed by atoms with van der Waals surface area (Å²) in [6, 6.07) is 0.543. The highest BCUT2D eigenvalue weighted by molar-refractivity contribution is 5.78. The van der Waals surface area contributed by atoms with Crippen molar-refractivity contribution in [3.05, 3.63) is 18.0 Å². The molecule has 1 saturated carbocycles. The monoisotopic (exact) mass is 359 g/mol. The van der Waals surface area contributed by atoms with Crippen molar-refractivity contribution < 1.29 is 4.79 Å². The van der Waals surface area contributed by atoms with Crippen molar-refractivity contribution in [2.45, 2.75) is 64.0 Å². The molecule has 0 spiro atoms. The highest BCUT2D eigenvalue weighted by Gasteiger charge is 2.25. The van der Waals surface area contributed by atoms with Crippen molar-refractivity contribution in [1.82, 2.24) is 20.2 Å². The zero-order chi connectivity index (χ0) is 18.4. The minimum Gasteiger partial charge on any atom is -0.356 e. The van der Waals surface area contributed by atoms with Crippen molar-refractivity contribution in [2.75, 3.05) is 32.1 Å². The lowest BCUT2D eigenvalue weighted by Gasteiger charge is -2.36. The van der Waals surface area contributed by atoms with E-state index >= 15 is 0 Å². The molecule has 2 heterocycles. The third-order valence-corrected chi connectivity index (χ3v) is 5.73. The molecular weight excluding hydrogens is 326 g/mol. The molecule has 2 fully saturated rings. The van der Waals surface area contributed by atoms with E-state index in [1.54, 1.807) is 0 Å². The zero-order valence-electron chi connectivity index (χ0n) is 16.3. The van der Waals surface area contributed by atoms with E-state index in [0.717, 1.165) is 50.4 Å². The number of carbonyl (C=O) groups is 1. The molecule has 0 aromatic carbocycles. The van der Waals surface area contributed by atoms with Gasteiger partial charge >= 0.3 is 0 Å². The Hall–Kier alpha value is -1.69. The van der Waals surface area contributed by atoms with Gasteiger partial charge in [0.2, 0.25) is 11.9 Å². The molecule has 1 aromatic heterocycles. The molecule has 1 saturated heterocycles. The first-order valence-corrected chi connectivity index (χ1v) is 10.1. The van der Waals surface area contributed by atoms with E-state index < -0.39 is 0 Å². The Morgan fingerprint density at radius 1 is 1.15 bits per heavy atom. The predicted octanol–water partition coefficient (Wildman–Crippen LogP) is 2.59. The summed E-state index contributed by atoms with van der Waals surface area (Å²) < 4.78 is 0. The molecule has 6 nitrogen and oxygen atoms in total. The number of likely N-dealkylation sites (tertiary alicyclic amines) is 1. The van der Waals surface area contributed by atoms with Crippen molar-refractivity contribution in [1.29, 1.82) is 0 Å². The predicted molar refractivity (Wildman–Crippen MR) is 104 cm³/mol. The standard InChI is InChI=1S/C20H33N5O/c1-24(2)20-22-13-16(14-23-20)15-25-12-6-5-9-18(25)10-11-21-19(26)17-7-3-4-8-17/h13-14,17-18H,3-12,15H2,1-2H3,(H,21,26). The number of piperidine rings is 1. The summed E-state index contributed by atoms with van der Waals surface area (Å²) in [6.07, 6.45) is 13.2. The first-order valence-electron chi connectivity index (χ1n) is 10.1. The van der Waals surface area contributed by atoms with Gasteiger partial charge < -0.3 is 10.2 Å². The number of aromatic nitrogens is 2. The topological polar surface area (TPSA) is 61.4 Å². The minimum absolute atomic E-state index is 0.268. The Morgan fingerprint density at radius 2 is 1.85 bits per heavy atom. The maximum Gasteiger partial charge on any atom is 0.224 e. The average molecular weight is 360 g/mol. The highest BCUT2D eigenvalue weighted by atomic mass is 16.1. The van der Waals surface area contributed by atoms with Crippen LogP contribution in [0.25, 0.3) is 0 Å². The number of nitrogens with zero attached hydrogens (tertiary/aromatic N) is 4. The molecule has 2 aliphatic rings. The van der Waals surface area contributed by atoms with Crippen molar-refractivity contribution >= 4 is 11.9 Å². The van der Waals surface area contributed by atoms with E-state index in [4.69, 9.17) is 0 Å². The van der Waals surface area contributed by atoms with Crippen LogP contribution in [0.3, 0.4) is 0 Å². The van der Waals surface area contributed by atoms with E-state index in [1.165, 1.54) is 32.1 Å². The SMILES string of the molecule is CN(C)c1ncc(CN2CCCCC2CCNC(=O)C2CCCC2)cn1. The van der Waals surface area contributed by atoms with Crippen LogP contribution in [0.5, 0.6) is 0 Å². The summed E-state index contributed by atoms with van der Waals surface area (Å²) >= 11 is 0.